The lowest BCUT2D eigenvalue weighted by atomic mass is 9.87. The molecule has 5 nitrogen and oxygen atoms in total. The van der Waals surface area contributed by atoms with Crippen LogP contribution in [0.5, 0.6) is 5.75 Å². The summed E-state index contributed by atoms with van der Waals surface area (Å²) in [6.45, 7) is 0.974. The van der Waals surface area contributed by atoms with Crippen LogP contribution in [-0.2, 0) is 22.6 Å². The molecule has 1 fully saturated rings. The molecule has 3 aromatic rings. The highest BCUT2D eigenvalue weighted by atomic mass is 19.1. The first-order valence-corrected chi connectivity index (χ1v) is 11.7. The van der Waals surface area contributed by atoms with Crippen molar-refractivity contribution in [3.63, 3.8) is 0 Å². The van der Waals surface area contributed by atoms with Gasteiger partial charge in [-0.25, -0.2) is 4.39 Å². The number of ether oxygens (including phenoxy) is 1. The molecule has 0 radical (unpaired) electrons. The molecule has 0 aromatic heterocycles. The number of amides is 2. The average Bonchev–Trinajstić information content (AvgIpc) is 3.72. The number of halogens is 1. The van der Waals surface area contributed by atoms with Gasteiger partial charge in [-0.15, -0.1) is 0 Å². The number of carbonyl (C=O) groups is 2. The van der Waals surface area contributed by atoms with Crippen LogP contribution in [-0.4, -0.2) is 29.9 Å². The van der Waals surface area contributed by atoms with Crippen LogP contribution in [0.15, 0.2) is 72.8 Å². The summed E-state index contributed by atoms with van der Waals surface area (Å²) in [5.74, 6) is 0.311. The smallest absolute Gasteiger partial charge is 0.258 e. The SMILES string of the molecule is O=C(COc1ccc2c(c1)[C@H](c1ccc(F)cc1)N(C(=O)C1CC1)CC2)NCc1ccccc1. The van der Waals surface area contributed by atoms with Crippen LogP contribution in [0.4, 0.5) is 4.39 Å². The zero-order chi connectivity index (χ0) is 23.5. The third kappa shape index (κ3) is 4.96. The van der Waals surface area contributed by atoms with Crippen LogP contribution in [0.1, 0.15) is 41.1 Å². The van der Waals surface area contributed by atoms with Gasteiger partial charge in [-0.2, -0.15) is 0 Å². The molecule has 6 heteroatoms. The second-order valence-electron chi connectivity index (χ2n) is 8.92. The van der Waals surface area contributed by atoms with Gasteiger partial charge in [-0.3, -0.25) is 9.59 Å². The maximum Gasteiger partial charge on any atom is 0.258 e. The van der Waals surface area contributed by atoms with Crippen molar-refractivity contribution in [2.75, 3.05) is 13.2 Å². The van der Waals surface area contributed by atoms with E-state index in [1.165, 1.54) is 12.1 Å². The lowest BCUT2D eigenvalue weighted by Crippen LogP contribution is -2.41. The zero-order valence-corrected chi connectivity index (χ0v) is 18.9. The summed E-state index contributed by atoms with van der Waals surface area (Å²) in [6.07, 6.45) is 2.61. The molecular formula is C28H27FN2O3. The molecule has 5 rings (SSSR count). The van der Waals surface area contributed by atoms with Gasteiger partial charge < -0.3 is 15.0 Å². The van der Waals surface area contributed by atoms with E-state index in [-0.39, 0.29) is 36.2 Å². The molecule has 34 heavy (non-hydrogen) atoms. The number of hydrogen-bond acceptors (Lipinski definition) is 3. The first-order chi connectivity index (χ1) is 16.6. The topological polar surface area (TPSA) is 58.6 Å². The van der Waals surface area contributed by atoms with Gasteiger partial charge in [0.25, 0.3) is 5.91 Å². The molecule has 1 aliphatic carbocycles. The summed E-state index contributed by atoms with van der Waals surface area (Å²) in [5, 5.41) is 2.86. The quantitative estimate of drug-likeness (QED) is 0.571. The largest absolute Gasteiger partial charge is 0.484 e. The summed E-state index contributed by atoms with van der Waals surface area (Å²) in [5.41, 5.74) is 3.99. The Bertz CT molecular complexity index is 1180. The normalized spacial score (nSPS) is 17.1. The fourth-order valence-electron chi connectivity index (χ4n) is 4.49. The predicted molar refractivity (Wildman–Crippen MR) is 127 cm³/mol. The Balaban J connectivity index is 1.33. The van der Waals surface area contributed by atoms with E-state index < -0.39 is 0 Å². The molecule has 1 atom stereocenters. The highest BCUT2D eigenvalue weighted by Gasteiger charge is 2.39. The van der Waals surface area contributed by atoms with Crippen LogP contribution in [0.25, 0.3) is 0 Å². The molecule has 1 N–H and O–H groups in total. The Hall–Kier alpha value is -3.67. The lowest BCUT2D eigenvalue weighted by molar-refractivity contribution is -0.134. The minimum absolute atomic E-state index is 0.0947. The van der Waals surface area contributed by atoms with Crippen molar-refractivity contribution >= 4 is 11.8 Å². The second kappa shape index (κ2) is 9.67. The molecule has 2 amide bonds. The zero-order valence-electron chi connectivity index (χ0n) is 18.9. The van der Waals surface area contributed by atoms with Gasteiger partial charge >= 0.3 is 0 Å². The van der Waals surface area contributed by atoms with E-state index in [0.717, 1.165) is 41.5 Å². The highest BCUT2D eigenvalue weighted by Crippen LogP contribution is 2.41. The molecule has 0 saturated heterocycles. The number of rotatable bonds is 7. The van der Waals surface area contributed by atoms with Gasteiger partial charge in [-0.05, 0) is 65.8 Å². The van der Waals surface area contributed by atoms with E-state index in [0.29, 0.717) is 18.8 Å². The summed E-state index contributed by atoms with van der Waals surface area (Å²) in [4.78, 5) is 27.3. The standard InChI is InChI=1S/C28H27FN2O3/c29-23-11-8-21(9-12-23)27-25-16-24(34-18-26(32)30-17-19-4-2-1-3-5-19)13-10-20(25)14-15-31(27)28(33)22-6-7-22/h1-5,8-13,16,22,27H,6-7,14-15,17-18H2,(H,30,32)/t27-/m0/s1. The minimum atomic E-state index is -0.307. The molecule has 1 saturated carbocycles. The Morgan fingerprint density at radius 3 is 2.50 bits per heavy atom. The molecule has 0 unspecified atom stereocenters. The summed E-state index contributed by atoms with van der Waals surface area (Å²) < 4.78 is 19.4. The van der Waals surface area contributed by atoms with Crippen molar-refractivity contribution in [2.24, 2.45) is 5.92 Å². The van der Waals surface area contributed by atoms with Crippen molar-refractivity contribution in [2.45, 2.75) is 31.8 Å². The van der Waals surface area contributed by atoms with E-state index in [4.69, 9.17) is 4.74 Å². The summed E-state index contributed by atoms with van der Waals surface area (Å²) >= 11 is 0. The second-order valence-corrected chi connectivity index (χ2v) is 8.92. The fourth-order valence-corrected chi connectivity index (χ4v) is 4.49. The Kier molecular flexibility index (Phi) is 6.30. The molecule has 3 aromatic carbocycles. The molecule has 0 bridgehead atoms. The van der Waals surface area contributed by atoms with Crippen molar-refractivity contribution in [3.05, 3.63) is 101 Å². The molecule has 1 heterocycles. The fraction of sp³-hybridized carbons (Fsp3) is 0.286. The van der Waals surface area contributed by atoms with Crippen LogP contribution in [0.3, 0.4) is 0 Å². The van der Waals surface area contributed by atoms with E-state index in [9.17, 15) is 14.0 Å². The lowest BCUT2D eigenvalue weighted by Gasteiger charge is -2.38. The molecule has 1 aliphatic heterocycles. The molecule has 174 valence electrons. The van der Waals surface area contributed by atoms with Gasteiger partial charge in [0, 0.05) is 19.0 Å². The third-order valence-electron chi connectivity index (χ3n) is 6.44. The number of hydrogen-bond donors (Lipinski definition) is 1. The van der Waals surface area contributed by atoms with Crippen LogP contribution in [0.2, 0.25) is 0 Å². The van der Waals surface area contributed by atoms with E-state index in [2.05, 4.69) is 5.32 Å². The summed E-state index contributed by atoms with van der Waals surface area (Å²) in [7, 11) is 0. The Labute approximate surface area is 198 Å². The Morgan fingerprint density at radius 2 is 1.76 bits per heavy atom. The van der Waals surface area contributed by atoms with Crippen LogP contribution >= 0.6 is 0 Å². The van der Waals surface area contributed by atoms with Crippen LogP contribution in [0, 0.1) is 11.7 Å². The van der Waals surface area contributed by atoms with E-state index >= 15 is 0 Å². The number of fused-ring (bicyclic) bond motifs is 1. The highest BCUT2D eigenvalue weighted by molar-refractivity contribution is 5.82. The van der Waals surface area contributed by atoms with Crippen LogP contribution < -0.4 is 10.1 Å². The maximum atomic E-state index is 13.6. The summed E-state index contributed by atoms with van der Waals surface area (Å²) in [6, 6.07) is 21.5. The minimum Gasteiger partial charge on any atom is -0.484 e. The predicted octanol–water partition coefficient (Wildman–Crippen LogP) is 4.41. The molecule has 2 aliphatic rings. The van der Waals surface area contributed by atoms with Gasteiger partial charge in [0.05, 0.1) is 6.04 Å². The van der Waals surface area contributed by atoms with Crippen molar-refractivity contribution in [1.82, 2.24) is 10.2 Å². The van der Waals surface area contributed by atoms with E-state index in [1.807, 2.05) is 53.4 Å². The number of carbonyl (C=O) groups excluding carboxylic acids is 2. The monoisotopic (exact) mass is 458 g/mol. The van der Waals surface area contributed by atoms with Gasteiger partial charge in [0.2, 0.25) is 5.91 Å². The van der Waals surface area contributed by atoms with Crippen molar-refractivity contribution < 1.29 is 18.7 Å². The Morgan fingerprint density at radius 1 is 1.00 bits per heavy atom. The van der Waals surface area contributed by atoms with Gasteiger partial charge in [-0.1, -0.05) is 48.5 Å². The number of nitrogens with one attached hydrogen (secondary N) is 1. The van der Waals surface area contributed by atoms with Crippen molar-refractivity contribution in [1.29, 1.82) is 0 Å². The van der Waals surface area contributed by atoms with Crippen molar-refractivity contribution in [3.8, 4) is 5.75 Å². The number of nitrogens with zero attached hydrogens (tertiary/aromatic N) is 1. The molecular weight excluding hydrogens is 431 g/mol. The first-order valence-electron chi connectivity index (χ1n) is 11.7. The van der Waals surface area contributed by atoms with Gasteiger partial charge in [0.15, 0.2) is 6.61 Å². The maximum absolute atomic E-state index is 13.6. The van der Waals surface area contributed by atoms with E-state index in [1.54, 1.807) is 12.1 Å². The first kappa shape index (κ1) is 22.1. The van der Waals surface area contributed by atoms with Gasteiger partial charge in [0.1, 0.15) is 11.6 Å². The number of benzene rings is 3. The average molecular weight is 459 g/mol. The molecule has 0 spiro atoms. The third-order valence-corrected chi connectivity index (χ3v) is 6.44.